The smallest absolute Gasteiger partial charge is 0.249 e. The number of carbonyl (C=O) groups excluding carboxylic acids is 1. The quantitative estimate of drug-likeness (QED) is 0.698. The van der Waals surface area contributed by atoms with Crippen LogP contribution in [0.3, 0.4) is 0 Å². The van der Waals surface area contributed by atoms with Crippen LogP contribution in [-0.2, 0) is 6.42 Å². The zero-order valence-corrected chi connectivity index (χ0v) is 11.5. The molecule has 4 heteroatoms. The molecule has 0 radical (unpaired) electrons. The molecule has 0 spiro atoms. The number of rotatable bonds is 9. The predicted octanol–water partition coefficient (Wildman–Crippen LogP) is 3.26. The summed E-state index contributed by atoms with van der Waals surface area (Å²) in [4.78, 5) is 11.3. The number of unbranched alkanes of at least 4 members (excludes halogenated alkanes) is 3. The first-order chi connectivity index (χ1) is 9.20. The number of hydrogen-bond acceptors (Lipinski definition) is 2. The van der Waals surface area contributed by atoms with E-state index in [0.29, 0.717) is 25.0 Å². The molecule has 0 heterocycles. The molecule has 106 valence electrons. The molecule has 1 aromatic rings. The van der Waals surface area contributed by atoms with E-state index in [4.69, 9.17) is 10.5 Å². The summed E-state index contributed by atoms with van der Waals surface area (Å²) >= 11 is 0. The zero-order valence-electron chi connectivity index (χ0n) is 11.5. The summed E-state index contributed by atoms with van der Waals surface area (Å²) in [7, 11) is 0. The zero-order chi connectivity index (χ0) is 14.1. The van der Waals surface area contributed by atoms with Crippen molar-refractivity contribution in [2.45, 2.75) is 39.0 Å². The predicted molar refractivity (Wildman–Crippen MR) is 74.3 cm³/mol. The first-order valence-electron chi connectivity index (χ1n) is 6.81. The van der Waals surface area contributed by atoms with Gasteiger partial charge in [0, 0.05) is 11.1 Å². The van der Waals surface area contributed by atoms with E-state index in [1.165, 1.54) is 0 Å². The molecule has 0 aliphatic carbocycles. The number of carbonyl (C=O) groups is 1. The van der Waals surface area contributed by atoms with E-state index < -0.39 is 5.91 Å². The minimum atomic E-state index is -0.426. The van der Waals surface area contributed by atoms with Crippen molar-refractivity contribution < 1.29 is 13.9 Å². The van der Waals surface area contributed by atoms with Gasteiger partial charge in [-0.05, 0) is 37.8 Å². The fourth-order valence-electron chi connectivity index (χ4n) is 2.03. The Hall–Kier alpha value is -1.58. The van der Waals surface area contributed by atoms with Crippen molar-refractivity contribution >= 4 is 5.91 Å². The Bertz CT molecular complexity index is 407. The lowest BCUT2D eigenvalue weighted by Gasteiger charge is -2.12. The summed E-state index contributed by atoms with van der Waals surface area (Å²) in [6, 6.07) is 5.35. The second-order valence-corrected chi connectivity index (χ2v) is 4.45. The summed E-state index contributed by atoms with van der Waals surface area (Å²) < 4.78 is 17.6. The van der Waals surface area contributed by atoms with Gasteiger partial charge in [-0.25, -0.2) is 0 Å². The summed E-state index contributed by atoms with van der Waals surface area (Å²) in [6.07, 6.45) is 4.07. The van der Waals surface area contributed by atoms with Gasteiger partial charge >= 0.3 is 0 Å². The largest absolute Gasteiger partial charge is 0.493 e. The van der Waals surface area contributed by atoms with E-state index in [0.717, 1.165) is 30.6 Å². The highest BCUT2D eigenvalue weighted by atomic mass is 19.1. The number of alkyl halides is 1. The van der Waals surface area contributed by atoms with Crippen molar-refractivity contribution in [3.63, 3.8) is 0 Å². The third-order valence-electron chi connectivity index (χ3n) is 3.04. The molecule has 3 nitrogen and oxygen atoms in total. The second kappa shape index (κ2) is 8.51. The molecule has 0 bridgehead atoms. The van der Waals surface area contributed by atoms with Crippen LogP contribution in [0.1, 0.15) is 48.5 Å². The normalized spacial score (nSPS) is 10.4. The Morgan fingerprint density at radius 3 is 2.63 bits per heavy atom. The fraction of sp³-hybridized carbons (Fsp3) is 0.533. The van der Waals surface area contributed by atoms with Crippen LogP contribution in [0.25, 0.3) is 0 Å². The number of primary amides is 1. The molecule has 2 N–H and O–H groups in total. The van der Waals surface area contributed by atoms with Gasteiger partial charge in [0.1, 0.15) is 5.75 Å². The average Bonchev–Trinajstić information content (AvgIpc) is 2.42. The first-order valence-corrected chi connectivity index (χ1v) is 6.81. The molecule has 0 atom stereocenters. The van der Waals surface area contributed by atoms with Gasteiger partial charge in [-0.15, -0.1) is 0 Å². The standard InChI is InChI=1S/C15H22FNO2/c1-2-12-13(15(17)18)8-7-9-14(12)19-11-6-4-3-5-10-16/h7-9H,2-6,10-11H2,1H3,(H2,17,18). The molecule has 0 aliphatic rings. The summed E-state index contributed by atoms with van der Waals surface area (Å²) in [5.74, 6) is 0.300. The van der Waals surface area contributed by atoms with Crippen molar-refractivity contribution in [2.24, 2.45) is 5.73 Å². The minimum Gasteiger partial charge on any atom is -0.493 e. The number of halogens is 1. The van der Waals surface area contributed by atoms with Crippen LogP contribution in [-0.4, -0.2) is 19.2 Å². The fourth-order valence-corrected chi connectivity index (χ4v) is 2.03. The van der Waals surface area contributed by atoms with Gasteiger partial charge in [0.2, 0.25) is 5.91 Å². The van der Waals surface area contributed by atoms with E-state index in [1.807, 2.05) is 13.0 Å². The Kier molecular flexibility index (Phi) is 6.93. The highest BCUT2D eigenvalue weighted by molar-refractivity contribution is 5.95. The van der Waals surface area contributed by atoms with E-state index in [-0.39, 0.29) is 6.67 Å². The van der Waals surface area contributed by atoms with Crippen molar-refractivity contribution in [3.8, 4) is 5.75 Å². The lowest BCUT2D eigenvalue weighted by atomic mass is 10.0. The van der Waals surface area contributed by atoms with Crippen LogP contribution in [0.15, 0.2) is 18.2 Å². The van der Waals surface area contributed by atoms with Crippen molar-refractivity contribution in [3.05, 3.63) is 29.3 Å². The maximum absolute atomic E-state index is 11.9. The molecule has 0 saturated carbocycles. The molecule has 1 aromatic carbocycles. The van der Waals surface area contributed by atoms with Gasteiger partial charge < -0.3 is 10.5 Å². The van der Waals surface area contributed by atoms with Gasteiger partial charge in [0.15, 0.2) is 0 Å². The molecule has 0 aliphatic heterocycles. The number of nitrogens with two attached hydrogens (primary N) is 1. The molecule has 0 saturated heterocycles. The molecule has 0 aromatic heterocycles. The van der Waals surface area contributed by atoms with Crippen molar-refractivity contribution in [2.75, 3.05) is 13.3 Å². The minimum absolute atomic E-state index is 0.249. The Morgan fingerprint density at radius 2 is 2.00 bits per heavy atom. The Balaban J connectivity index is 2.53. The van der Waals surface area contributed by atoms with E-state index >= 15 is 0 Å². The lowest BCUT2D eigenvalue weighted by Crippen LogP contribution is -2.14. The third kappa shape index (κ3) is 4.89. The summed E-state index contributed by atoms with van der Waals surface area (Å²) in [5.41, 5.74) is 6.72. The third-order valence-corrected chi connectivity index (χ3v) is 3.04. The van der Waals surface area contributed by atoms with Gasteiger partial charge in [0.05, 0.1) is 13.3 Å². The average molecular weight is 267 g/mol. The summed E-state index contributed by atoms with van der Waals surface area (Å²) in [6.45, 7) is 2.30. The van der Waals surface area contributed by atoms with Gasteiger partial charge in [0.25, 0.3) is 0 Å². The number of ether oxygens (including phenoxy) is 1. The van der Waals surface area contributed by atoms with E-state index in [2.05, 4.69) is 0 Å². The van der Waals surface area contributed by atoms with Crippen LogP contribution in [0.2, 0.25) is 0 Å². The van der Waals surface area contributed by atoms with Gasteiger partial charge in [-0.1, -0.05) is 19.4 Å². The highest BCUT2D eigenvalue weighted by Crippen LogP contribution is 2.23. The summed E-state index contributed by atoms with van der Waals surface area (Å²) in [5, 5.41) is 0. The maximum Gasteiger partial charge on any atom is 0.249 e. The van der Waals surface area contributed by atoms with Crippen LogP contribution >= 0.6 is 0 Å². The Morgan fingerprint density at radius 1 is 1.26 bits per heavy atom. The maximum atomic E-state index is 11.9. The molecule has 0 fully saturated rings. The van der Waals surface area contributed by atoms with Crippen molar-refractivity contribution in [1.82, 2.24) is 0 Å². The van der Waals surface area contributed by atoms with Crippen LogP contribution in [0.5, 0.6) is 5.75 Å². The highest BCUT2D eigenvalue weighted by Gasteiger charge is 2.11. The molecular formula is C15H22FNO2. The number of benzene rings is 1. The number of hydrogen-bond donors (Lipinski definition) is 1. The van der Waals surface area contributed by atoms with Gasteiger partial charge in [-0.2, -0.15) is 0 Å². The van der Waals surface area contributed by atoms with Crippen molar-refractivity contribution in [1.29, 1.82) is 0 Å². The Labute approximate surface area is 113 Å². The van der Waals surface area contributed by atoms with E-state index in [9.17, 15) is 9.18 Å². The van der Waals surface area contributed by atoms with Crippen LogP contribution < -0.4 is 10.5 Å². The molecule has 1 amide bonds. The van der Waals surface area contributed by atoms with Gasteiger partial charge in [-0.3, -0.25) is 9.18 Å². The topological polar surface area (TPSA) is 52.3 Å². The monoisotopic (exact) mass is 267 g/mol. The molecule has 19 heavy (non-hydrogen) atoms. The number of amides is 1. The molecule has 1 rings (SSSR count). The SMILES string of the molecule is CCc1c(OCCCCCCF)cccc1C(N)=O. The second-order valence-electron chi connectivity index (χ2n) is 4.45. The van der Waals surface area contributed by atoms with Crippen LogP contribution in [0.4, 0.5) is 4.39 Å². The van der Waals surface area contributed by atoms with E-state index in [1.54, 1.807) is 12.1 Å². The molecule has 0 unspecified atom stereocenters. The first kappa shape index (κ1) is 15.5. The van der Waals surface area contributed by atoms with Crippen LogP contribution in [0, 0.1) is 0 Å². The molecular weight excluding hydrogens is 245 g/mol. The lowest BCUT2D eigenvalue weighted by molar-refractivity contribution is 0.0999.